The third kappa shape index (κ3) is 5.91. The molecule has 0 atom stereocenters. The first kappa shape index (κ1) is 14.3. The molecule has 0 radical (unpaired) electrons. The van der Waals surface area contributed by atoms with Crippen molar-refractivity contribution < 1.29 is 5.11 Å². The first-order valence-electron chi connectivity index (χ1n) is 6.78. The van der Waals surface area contributed by atoms with Gasteiger partial charge in [-0.1, -0.05) is 33.1 Å². The van der Waals surface area contributed by atoms with Crippen molar-refractivity contribution in [1.29, 1.82) is 0 Å². The molecule has 1 rings (SSSR count). The zero-order valence-electron chi connectivity index (χ0n) is 11.2. The van der Waals surface area contributed by atoms with E-state index in [0.717, 1.165) is 38.6 Å². The lowest BCUT2D eigenvalue weighted by atomic mass is 9.85. The van der Waals surface area contributed by atoms with E-state index in [1.807, 2.05) is 0 Å². The van der Waals surface area contributed by atoms with E-state index in [1.54, 1.807) is 0 Å². The second kappa shape index (κ2) is 6.84. The summed E-state index contributed by atoms with van der Waals surface area (Å²) in [5, 5.41) is 13.3. The van der Waals surface area contributed by atoms with Gasteiger partial charge in [0.05, 0.1) is 12.1 Å². The summed E-state index contributed by atoms with van der Waals surface area (Å²) in [6.45, 7) is 5.65. The fourth-order valence-electron chi connectivity index (χ4n) is 2.15. The molecule has 0 amide bonds. The Bertz CT molecular complexity index is 245. The van der Waals surface area contributed by atoms with Crippen LogP contribution in [0.4, 0.5) is 0 Å². The number of hydrogen-bond donors (Lipinski definition) is 3. The van der Waals surface area contributed by atoms with Gasteiger partial charge in [0, 0.05) is 6.54 Å². The summed E-state index contributed by atoms with van der Waals surface area (Å²) >= 11 is 0. The van der Waals surface area contributed by atoms with Gasteiger partial charge in [0.1, 0.15) is 0 Å². The van der Waals surface area contributed by atoms with Crippen LogP contribution in [0.25, 0.3) is 0 Å². The number of aliphatic hydroxyl groups is 1. The van der Waals surface area contributed by atoms with Crippen LogP contribution in [0.2, 0.25) is 0 Å². The molecule has 0 aliphatic heterocycles. The Morgan fingerprint density at radius 3 is 2.59 bits per heavy atom. The quantitative estimate of drug-likeness (QED) is 0.506. The van der Waals surface area contributed by atoms with E-state index >= 15 is 0 Å². The Balaban J connectivity index is 2.26. The maximum Gasteiger partial charge on any atom is 0.188 e. The number of nitrogens with one attached hydrogen (secondary N) is 1. The molecule has 0 aromatic heterocycles. The second-order valence-corrected chi connectivity index (χ2v) is 5.60. The van der Waals surface area contributed by atoms with Gasteiger partial charge in [-0.15, -0.1) is 0 Å². The monoisotopic (exact) mass is 241 g/mol. The molecule has 4 heteroatoms. The lowest BCUT2D eigenvalue weighted by Crippen LogP contribution is -2.38. The van der Waals surface area contributed by atoms with E-state index in [0.29, 0.717) is 18.4 Å². The Kier molecular flexibility index (Phi) is 5.75. The highest BCUT2D eigenvalue weighted by Gasteiger charge is 2.28. The summed E-state index contributed by atoms with van der Waals surface area (Å²) in [6.07, 6.45) is 6.24. The fourth-order valence-corrected chi connectivity index (χ4v) is 2.15. The van der Waals surface area contributed by atoms with E-state index in [1.165, 1.54) is 6.42 Å². The minimum atomic E-state index is -0.609. The number of aliphatic imine (C=N–C) groups is 1. The van der Waals surface area contributed by atoms with Crippen LogP contribution in [0.15, 0.2) is 4.99 Å². The van der Waals surface area contributed by atoms with Gasteiger partial charge in [0.2, 0.25) is 0 Å². The topological polar surface area (TPSA) is 70.6 Å². The molecule has 1 fully saturated rings. The van der Waals surface area contributed by atoms with Crippen molar-refractivity contribution in [2.45, 2.75) is 58.0 Å². The minimum Gasteiger partial charge on any atom is -0.388 e. The smallest absolute Gasteiger partial charge is 0.188 e. The van der Waals surface area contributed by atoms with Gasteiger partial charge < -0.3 is 16.2 Å². The van der Waals surface area contributed by atoms with Crippen LogP contribution in [0.5, 0.6) is 0 Å². The molecule has 0 aromatic carbocycles. The van der Waals surface area contributed by atoms with Crippen LogP contribution >= 0.6 is 0 Å². The Morgan fingerprint density at radius 2 is 2.00 bits per heavy atom. The van der Waals surface area contributed by atoms with Gasteiger partial charge in [0.15, 0.2) is 5.96 Å². The SMILES string of the molecule is CC(C)CCNC(N)=NCC1(O)CCCCC1. The first-order valence-corrected chi connectivity index (χ1v) is 6.78. The van der Waals surface area contributed by atoms with Crippen molar-refractivity contribution in [2.24, 2.45) is 16.6 Å². The number of nitrogens with two attached hydrogens (primary N) is 1. The molecular formula is C13H27N3O. The molecule has 1 aliphatic carbocycles. The van der Waals surface area contributed by atoms with Gasteiger partial charge in [-0.25, -0.2) is 0 Å². The van der Waals surface area contributed by atoms with Crippen LogP contribution in [0.3, 0.4) is 0 Å². The van der Waals surface area contributed by atoms with Crippen LogP contribution in [-0.4, -0.2) is 29.8 Å². The molecule has 0 bridgehead atoms. The van der Waals surface area contributed by atoms with Crippen molar-refractivity contribution >= 4 is 5.96 Å². The molecule has 1 aliphatic rings. The van der Waals surface area contributed by atoms with Crippen molar-refractivity contribution in [3.8, 4) is 0 Å². The highest BCUT2D eigenvalue weighted by atomic mass is 16.3. The van der Waals surface area contributed by atoms with E-state index < -0.39 is 5.60 Å². The van der Waals surface area contributed by atoms with Gasteiger partial charge in [-0.3, -0.25) is 4.99 Å². The maximum atomic E-state index is 10.2. The molecule has 4 nitrogen and oxygen atoms in total. The predicted molar refractivity (Wildman–Crippen MR) is 72.0 cm³/mol. The third-order valence-electron chi connectivity index (χ3n) is 3.36. The third-order valence-corrected chi connectivity index (χ3v) is 3.36. The fraction of sp³-hybridized carbons (Fsp3) is 0.923. The normalized spacial score (nSPS) is 20.6. The summed E-state index contributed by atoms with van der Waals surface area (Å²) in [4.78, 5) is 4.25. The molecule has 1 saturated carbocycles. The highest BCUT2D eigenvalue weighted by Crippen LogP contribution is 2.27. The summed E-state index contributed by atoms with van der Waals surface area (Å²) in [5.41, 5.74) is 5.16. The van der Waals surface area contributed by atoms with E-state index in [-0.39, 0.29) is 0 Å². The summed E-state index contributed by atoms with van der Waals surface area (Å²) < 4.78 is 0. The standard InChI is InChI=1S/C13H27N3O/c1-11(2)6-9-15-12(14)16-10-13(17)7-4-3-5-8-13/h11,17H,3-10H2,1-2H3,(H3,14,15,16). The molecular weight excluding hydrogens is 214 g/mol. The molecule has 100 valence electrons. The number of rotatable bonds is 5. The van der Waals surface area contributed by atoms with E-state index in [4.69, 9.17) is 5.73 Å². The lowest BCUT2D eigenvalue weighted by molar-refractivity contribution is 0.0132. The van der Waals surface area contributed by atoms with Crippen molar-refractivity contribution in [2.75, 3.05) is 13.1 Å². The molecule has 17 heavy (non-hydrogen) atoms. The second-order valence-electron chi connectivity index (χ2n) is 5.60. The van der Waals surface area contributed by atoms with Crippen molar-refractivity contribution in [1.82, 2.24) is 5.32 Å². The van der Waals surface area contributed by atoms with Crippen LogP contribution in [0, 0.1) is 5.92 Å². The molecule has 0 unspecified atom stereocenters. The van der Waals surface area contributed by atoms with E-state index in [2.05, 4.69) is 24.2 Å². The lowest BCUT2D eigenvalue weighted by Gasteiger charge is -2.30. The predicted octanol–water partition coefficient (Wildman–Crippen LogP) is 1.63. The Labute approximate surface area is 105 Å². The molecule has 4 N–H and O–H groups in total. The largest absolute Gasteiger partial charge is 0.388 e. The van der Waals surface area contributed by atoms with Gasteiger partial charge in [-0.05, 0) is 25.2 Å². The van der Waals surface area contributed by atoms with Crippen LogP contribution in [-0.2, 0) is 0 Å². The zero-order valence-corrected chi connectivity index (χ0v) is 11.2. The van der Waals surface area contributed by atoms with Crippen LogP contribution in [0.1, 0.15) is 52.4 Å². The average molecular weight is 241 g/mol. The maximum absolute atomic E-state index is 10.2. The van der Waals surface area contributed by atoms with Gasteiger partial charge in [0.25, 0.3) is 0 Å². The molecule has 0 spiro atoms. The van der Waals surface area contributed by atoms with Crippen molar-refractivity contribution in [3.05, 3.63) is 0 Å². The van der Waals surface area contributed by atoms with Gasteiger partial charge in [-0.2, -0.15) is 0 Å². The summed E-state index contributed by atoms with van der Waals surface area (Å²) in [5.74, 6) is 1.13. The molecule has 0 saturated heterocycles. The zero-order chi connectivity index (χ0) is 12.7. The van der Waals surface area contributed by atoms with Gasteiger partial charge >= 0.3 is 0 Å². The average Bonchev–Trinajstić information content (AvgIpc) is 2.27. The minimum absolute atomic E-state index is 0.438. The first-order chi connectivity index (χ1) is 8.02. The number of guanidine groups is 1. The molecule has 0 heterocycles. The Morgan fingerprint density at radius 1 is 1.35 bits per heavy atom. The number of nitrogens with zero attached hydrogens (tertiary/aromatic N) is 1. The highest BCUT2D eigenvalue weighted by molar-refractivity contribution is 5.77. The van der Waals surface area contributed by atoms with Crippen molar-refractivity contribution in [3.63, 3.8) is 0 Å². The van der Waals surface area contributed by atoms with Crippen LogP contribution < -0.4 is 11.1 Å². The Hall–Kier alpha value is -0.770. The summed E-state index contributed by atoms with van der Waals surface area (Å²) in [7, 11) is 0. The summed E-state index contributed by atoms with van der Waals surface area (Å²) in [6, 6.07) is 0. The number of hydrogen-bond acceptors (Lipinski definition) is 2. The molecule has 0 aromatic rings. The van der Waals surface area contributed by atoms with E-state index in [9.17, 15) is 5.11 Å².